The van der Waals surface area contributed by atoms with Crippen LogP contribution in [0.25, 0.3) is 5.69 Å². The Balaban J connectivity index is 1.35. The molecule has 0 radical (unpaired) electrons. The van der Waals surface area contributed by atoms with E-state index in [1.165, 1.54) is 5.69 Å². The molecule has 1 aliphatic heterocycles. The van der Waals surface area contributed by atoms with Crippen LogP contribution in [0, 0.1) is 19.8 Å². The number of nitrogens with zero attached hydrogens (tertiary/aromatic N) is 4. The van der Waals surface area contributed by atoms with Gasteiger partial charge in [-0.25, -0.2) is 0 Å². The van der Waals surface area contributed by atoms with Gasteiger partial charge in [0.1, 0.15) is 0 Å². The average molecular weight is 362 g/mol. The van der Waals surface area contributed by atoms with E-state index >= 15 is 0 Å². The van der Waals surface area contributed by atoms with Crippen LogP contribution in [0.1, 0.15) is 34.6 Å². The molecule has 4 rings (SSSR count). The highest BCUT2D eigenvalue weighted by Crippen LogP contribution is 2.22. The maximum Gasteiger partial charge on any atom is 0.253 e. The molecule has 1 aliphatic rings. The van der Waals surface area contributed by atoms with E-state index in [-0.39, 0.29) is 5.91 Å². The number of piperidine rings is 1. The molecular formula is C22H26N4O. The third kappa shape index (κ3) is 3.82. The summed E-state index contributed by atoms with van der Waals surface area (Å²) in [7, 11) is 0. The lowest BCUT2D eigenvalue weighted by Crippen LogP contribution is -2.39. The van der Waals surface area contributed by atoms with Gasteiger partial charge in [0.2, 0.25) is 0 Å². The Bertz CT molecular complexity index is 900. The molecule has 0 aliphatic carbocycles. The van der Waals surface area contributed by atoms with Crippen molar-refractivity contribution in [3.8, 4) is 5.69 Å². The molecule has 140 valence electrons. The minimum atomic E-state index is 0.138. The van der Waals surface area contributed by atoms with Crippen molar-refractivity contribution in [3.63, 3.8) is 0 Å². The van der Waals surface area contributed by atoms with Crippen molar-refractivity contribution in [2.75, 3.05) is 13.1 Å². The Morgan fingerprint density at radius 1 is 1.07 bits per heavy atom. The van der Waals surface area contributed by atoms with Crippen LogP contribution in [0.3, 0.4) is 0 Å². The van der Waals surface area contributed by atoms with E-state index in [1.54, 1.807) is 0 Å². The number of benzene rings is 1. The van der Waals surface area contributed by atoms with Crippen LogP contribution in [0.5, 0.6) is 0 Å². The smallest absolute Gasteiger partial charge is 0.253 e. The largest absolute Gasteiger partial charge is 0.339 e. The first-order chi connectivity index (χ1) is 13.1. The Morgan fingerprint density at radius 2 is 1.74 bits per heavy atom. The van der Waals surface area contributed by atoms with Crippen LogP contribution in [0.4, 0.5) is 0 Å². The Kier molecular flexibility index (Phi) is 4.84. The van der Waals surface area contributed by atoms with Crippen LogP contribution < -0.4 is 0 Å². The van der Waals surface area contributed by atoms with E-state index < -0.39 is 0 Å². The molecule has 27 heavy (non-hydrogen) atoms. The van der Waals surface area contributed by atoms with E-state index in [0.29, 0.717) is 5.92 Å². The van der Waals surface area contributed by atoms with E-state index in [9.17, 15) is 4.79 Å². The number of likely N-dealkylation sites (tertiary alicyclic amines) is 1. The van der Waals surface area contributed by atoms with Gasteiger partial charge in [-0.15, -0.1) is 0 Å². The molecule has 0 unspecified atom stereocenters. The summed E-state index contributed by atoms with van der Waals surface area (Å²) in [5.74, 6) is 0.724. The number of hydrogen-bond donors (Lipinski definition) is 0. The van der Waals surface area contributed by atoms with Crippen molar-refractivity contribution in [1.82, 2.24) is 19.2 Å². The predicted molar refractivity (Wildman–Crippen MR) is 106 cm³/mol. The number of aromatic nitrogens is 3. The van der Waals surface area contributed by atoms with Gasteiger partial charge in [-0.2, -0.15) is 5.10 Å². The van der Waals surface area contributed by atoms with E-state index in [4.69, 9.17) is 0 Å². The molecule has 0 spiro atoms. The predicted octanol–water partition coefficient (Wildman–Crippen LogP) is 3.84. The fourth-order valence-electron chi connectivity index (χ4n) is 3.89. The molecule has 3 aromatic rings. The number of carbonyl (C=O) groups excluding carboxylic acids is 1. The van der Waals surface area contributed by atoms with Crippen molar-refractivity contribution in [1.29, 1.82) is 0 Å². The minimum Gasteiger partial charge on any atom is -0.339 e. The second kappa shape index (κ2) is 7.43. The molecule has 5 nitrogen and oxygen atoms in total. The minimum absolute atomic E-state index is 0.138. The first kappa shape index (κ1) is 17.6. The quantitative estimate of drug-likeness (QED) is 0.708. The molecule has 2 aromatic heterocycles. The first-order valence-electron chi connectivity index (χ1n) is 9.64. The topological polar surface area (TPSA) is 43.1 Å². The highest BCUT2D eigenvalue weighted by Gasteiger charge is 2.24. The normalized spacial score (nSPS) is 15.3. The third-order valence-corrected chi connectivity index (χ3v) is 5.45. The Hall–Kier alpha value is -2.82. The average Bonchev–Trinajstić information content (AvgIpc) is 3.32. The molecule has 3 heterocycles. The van der Waals surface area contributed by atoms with Crippen LogP contribution in [0.15, 0.2) is 54.9 Å². The van der Waals surface area contributed by atoms with Crippen molar-refractivity contribution in [2.24, 2.45) is 5.92 Å². The van der Waals surface area contributed by atoms with Gasteiger partial charge < -0.3 is 9.47 Å². The highest BCUT2D eigenvalue weighted by molar-refractivity contribution is 5.94. The molecule has 1 aromatic carbocycles. The molecule has 0 N–H and O–H groups in total. The number of carbonyl (C=O) groups is 1. The summed E-state index contributed by atoms with van der Waals surface area (Å²) in [5, 5.41) is 4.57. The number of amides is 1. The van der Waals surface area contributed by atoms with Crippen molar-refractivity contribution in [3.05, 3.63) is 71.8 Å². The zero-order valence-corrected chi connectivity index (χ0v) is 16.0. The molecule has 1 saturated heterocycles. The lowest BCUT2D eigenvalue weighted by molar-refractivity contribution is 0.0681. The van der Waals surface area contributed by atoms with Crippen LogP contribution >= 0.6 is 0 Å². The molecular weight excluding hydrogens is 336 g/mol. The summed E-state index contributed by atoms with van der Waals surface area (Å²) in [4.78, 5) is 14.8. The van der Waals surface area contributed by atoms with Crippen molar-refractivity contribution in [2.45, 2.75) is 33.2 Å². The molecule has 0 bridgehead atoms. The van der Waals surface area contributed by atoms with Crippen LogP contribution in [-0.4, -0.2) is 38.2 Å². The first-order valence-corrected chi connectivity index (χ1v) is 9.64. The summed E-state index contributed by atoms with van der Waals surface area (Å²) < 4.78 is 4.15. The molecule has 0 atom stereocenters. The summed E-state index contributed by atoms with van der Waals surface area (Å²) in [6.45, 7) is 6.74. The van der Waals surface area contributed by atoms with Gasteiger partial charge in [0.05, 0.1) is 5.69 Å². The second-order valence-corrected chi connectivity index (χ2v) is 7.48. The Morgan fingerprint density at radius 3 is 2.33 bits per heavy atom. The second-order valence-electron chi connectivity index (χ2n) is 7.48. The van der Waals surface area contributed by atoms with Gasteiger partial charge in [0.25, 0.3) is 5.91 Å². The lowest BCUT2D eigenvalue weighted by atomic mass is 9.96. The molecule has 5 heteroatoms. The van der Waals surface area contributed by atoms with E-state index in [1.807, 2.05) is 65.2 Å². The van der Waals surface area contributed by atoms with Crippen molar-refractivity contribution >= 4 is 5.91 Å². The molecule has 1 fully saturated rings. The molecule has 1 amide bonds. The molecule has 0 saturated carbocycles. The zero-order chi connectivity index (χ0) is 18.8. The fourth-order valence-corrected chi connectivity index (χ4v) is 3.89. The standard InChI is InChI=1S/C22H26N4O/c1-17-15-18(2)26(23-17)16-19-9-13-25(14-10-19)22(27)20-5-7-21(8-6-20)24-11-3-4-12-24/h3-8,11-12,15,19H,9-10,13-14,16H2,1-2H3. The maximum atomic E-state index is 12.8. The maximum absolute atomic E-state index is 12.8. The SMILES string of the molecule is Cc1cc(C)n(CC2CCN(C(=O)c3ccc(-n4cccc4)cc3)CC2)n1. The van der Waals surface area contributed by atoms with Gasteiger partial charge in [0, 0.05) is 49.0 Å². The van der Waals surface area contributed by atoms with Gasteiger partial charge >= 0.3 is 0 Å². The van der Waals surface area contributed by atoms with E-state index in [2.05, 4.69) is 22.8 Å². The zero-order valence-electron chi connectivity index (χ0n) is 16.0. The van der Waals surface area contributed by atoms with E-state index in [0.717, 1.165) is 49.4 Å². The number of rotatable bonds is 4. The van der Waals surface area contributed by atoms with Crippen LogP contribution in [-0.2, 0) is 6.54 Å². The Labute approximate surface area is 160 Å². The highest BCUT2D eigenvalue weighted by atomic mass is 16.2. The monoisotopic (exact) mass is 362 g/mol. The summed E-state index contributed by atoms with van der Waals surface area (Å²) in [6, 6.07) is 14.0. The fraction of sp³-hybridized carbons (Fsp3) is 0.364. The van der Waals surface area contributed by atoms with Crippen LogP contribution in [0.2, 0.25) is 0 Å². The number of aryl methyl sites for hydroxylation is 2. The van der Waals surface area contributed by atoms with Gasteiger partial charge in [-0.1, -0.05) is 0 Å². The van der Waals surface area contributed by atoms with Crippen molar-refractivity contribution < 1.29 is 4.79 Å². The lowest BCUT2D eigenvalue weighted by Gasteiger charge is -2.32. The summed E-state index contributed by atoms with van der Waals surface area (Å²) in [5.41, 5.74) is 4.13. The third-order valence-electron chi connectivity index (χ3n) is 5.45. The summed E-state index contributed by atoms with van der Waals surface area (Å²) >= 11 is 0. The van der Waals surface area contributed by atoms with Gasteiger partial charge in [0.15, 0.2) is 0 Å². The summed E-state index contributed by atoms with van der Waals surface area (Å²) in [6.07, 6.45) is 6.08. The number of hydrogen-bond acceptors (Lipinski definition) is 2. The van der Waals surface area contributed by atoms with Gasteiger partial charge in [-0.05, 0) is 75.1 Å². The van der Waals surface area contributed by atoms with Gasteiger partial charge in [-0.3, -0.25) is 9.48 Å².